The third-order valence-electron chi connectivity index (χ3n) is 7.69. The number of ether oxygens (including phenoxy) is 1. The van der Waals surface area contributed by atoms with E-state index in [-0.39, 0.29) is 29.7 Å². The van der Waals surface area contributed by atoms with Crippen molar-refractivity contribution in [3.63, 3.8) is 0 Å². The summed E-state index contributed by atoms with van der Waals surface area (Å²) in [4.78, 5) is 40.6. The van der Waals surface area contributed by atoms with E-state index in [9.17, 15) is 14.4 Å². The zero-order chi connectivity index (χ0) is 28.7. The Morgan fingerprint density at radius 2 is 1.73 bits per heavy atom. The molecule has 40 heavy (non-hydrogen) atoms. The predicted octanol–water partition coefficient (Wildman–Crippen LogP) is 3.94. The minimum Gasteiger partial charge on any atom is -0.453 e. The lowest BCUT2D eigenvalue weighted by Crippen LogP contribution is -2.51. The number of carbonyl (C=O) groups is 3. The van der Waals surface area contributed by atoms with E-state index in [0.29, 0.717) is 38.1 Å². The third kappa shape index (κ3) is 7.00. The van der Waals surface area contributed by atoms with Gasteiger partial charge in [-0.3, -0.25) is 19.9 Å². The molecule has 3 atom stereocenters. The van der Waals surface area contributed by atoms with E-state index in [1.54, 1.807) is 0 Å². The van der Waals surface area contributed by atoms with E-state index in [1.807, 2.05) is 60.7 Å². The number of methoxy groups -OCH3 is 1. The van der Waals surface area contributed by atoms with Gasteiger partial charge in [-0.05, 0) is 55.1 Å². The molecular weight excluding hydrogens is 506 g/mol. The van der Waals surface area contributed by atoms with Crippen LogP contribution in [0.5, 0.6) is 0 Å². The number of amides is 3. The van der Waals surface area contributed by atoms with Crippen molar-refractivity contribution >= 4 is 23.9 Å². The monoisotopic (exact) mass is 547 g/mol. The molecule has 1 saturated heterocycles. The van der Waals surface area contributed by atoms with Crippen LogP contribution in [0.15, 0.2) is 60.7 Å². The maximum atomic E-state index is 13.8. The molecule has 3 amide bonds. The van der Waals surface area contributed by atoms with Crippen LogP contribution in [-0.2, 0) is 26.3 Å². The number of guanidine groups is 1. The number of nitrogens with zero attached hydrogens (tertiary/aromatic N) is 1. The Kier molecular flexibility index (Phi) is 9.45. The number of alkyl carbamates (subject to hydrolysis) is 1. The maximum absolute atomic E-state index is 13.8. The van der Waals surface area contributed by atoms with Crippen LogP contribution in [-0.4, -0.2) is 54.5 Å². The molecule has 9 nitrogen and oxygen atoms in total. The summed E-state index contributed by atoms with van der Waals surface area (Å²) in [5.74, 6) is 0.385. The number of hydrogen-bond donors (Lipinski definition) is 4. The van der Waals surface area contributed by atoms with Crippen molar-refractivity contribution in [2.75, 3.05) is 13.7 Å². The normalized spacial score (nSPS) is 20.1. The molecule has 4 N–H and O–H groups in total. The van der Waals surface area contributed by atoms with E-state index >= 15 is 0 Å². The second kappa shape index (κ2) is 13.0. The van der Waals surface area contributed by atoms with Crippen LogP contribution in [0.2, 0.25) is 0 Å². The predicted molar refractivity (Wildman–Crippen MR) is 154 cm³/mol. The molecule has 4 rings (SSSR count). The lowest BCUT2D eigenvalue weighted by atomic mass is 9.82. The summed E-state index contributed by atoms with van der Waals surface area (Å²) in [5.41, 5.74) is 0.858. The quantitative estimate of drug-likeness (QED) is 0.303. The van der Waals surface area contributed by atoms with Gasteiger partial charge in [-0.15, -0.1) is 0 Å². The third-order valence-corrected chi connectivity index (χ3v) is 7.69. The van der Waals surface area contributed by atoms with Crippen molar-refractivity contribution in [3.05, 3.63) is 71.8 Å². The molecule has 1 aliphatic heterocycles. The molecule has 0 radical (unpaired) electrons. The summed E-state index contributed by atoms with van der Waals surface area (Å²) in [6.07, 6.45) is 3.66. The fraction of sp³-hybridized carbons (Fsp3) is 0.484. The van der Waals surface area contributed by atoms with E-state index in [2.05, 4.69) is 29.8 Å². The molecule has 1 heterocycles. The van der Waals surface area contributed by atoms with Gasteiger partial charge in [0.15, 0.2) is 5.96 Å². The van der Waals surface area contributed by atoms with Crippen LogP contribution in [0.3, 0.4) is 0 Å². The zero-order valence-electron chi connectivity index (χ0n) is 23.6. The molecule has 0 bridgehead atoms. The summed E-state index contributed by atoms with van der Waals surface area (Å²) < 4.78 is 4.75. The molecule has 9 heteroatoms. The minimum atomic E-state index is -0.944. The van der Waals surface area contributed by atoms with Gasteiger partial charge in [0, 0.05) is 19.0 Å². The van der Waals surface area contributed by atoms with Gasteiger partial charge in [0.05, 0.1) is 7.11 Å². The van der Waals surface area contributed by atoms with E-state index < -0.39 is 17.7 Å². The number of nitrogens with one attached hydrogen (secondary N) is 4. The van der Waals surface area contributed by atoms with Crippen LogP contribution in [0, 0.1) is 17.2 Å². The second-order valence-electron chi connectivity index (χ2n) is 11.3. The van der Waals surface area contributed by atoms with Crippen LogP contribution in [0.1, 0.15) is 57.1 Å². The summed E-state index contributed by atoms with van der Waals surface area (Å²) in [6.45, 7) is 4.55. The van der Waals surface area contributed by atoms with Crippen LogP contribution in [0.4, 0.5) is 4.79 Å². The van der Waals surface area contributed by atoms with E-state index in [1.165, 1.54) is 12.0 Å². The summed E-state index contributed by atoms with van der Waals surface area (Å²) in [7, 11) is 1.28. The first kappa shape index (κ1) is 29.1. The van der Waals surface area contributed by atoms with Gasteiger partial charge in [0.1, 0.15) is 11.6 Å². The molecule has 1 aliphatic carbocycles. The number of rotatable bonds is 13. The highest BCUT2D eigenvalue weighted by Crippen LogP contribution is 2.37. The molecule has 0 spiro atoms. The molecule has 214 valence electrons. The van der Waals surface area contributed by atoms with Crippen LogP contribution in [0.25, 0.3) is 0 Å². The van der Waals surface area contributed by atoms with Crippen molar-refractivity contribution < 1.29 is 19.1 Å². The van der Waals surface area contributed by atoms with Gasteiger partial charge in [-0.1, -0.05) is 74.5 Å². The smallest absolute Gasteiger partial charge is 0.407 e. The van der Waals surface area contributed by atoms with Crippen molar-refractivity contribution in [2.45, 2.75) is 70.0 Å². The fourth-order valence-electron chi connectivity index (χ4n) is 5.59. The highest BCUT2D eigenvalue weighted by molar-refractivity contribution is 6.08. The molecular formula is C31H41N5O4. The lowest BCUT2D eigenvalue weighted by Gasteiger charge is -2.29. The number of hydrogen-bond acceptors (Lipinski definition) is 5. The van der Waals surface area contributed by atoms with Gasteiger partial charge >= 0.3 is 6.09 Å². The Morgan fingerprint density at radius 3 is 2.33 bits per heavy atom. The highest BCUT2D eigenvalue weighted by Gasteiger charge is 2.50. The maximum Gasteiger partial charge on any atom is 0.407 e. The van der Waals surface area contributed by atoms with Gasteiger partial charge in [0.2, 0.25) is 5.91 Å². The van der Waals surface area contributed by atoms with Crippen LogP contribution >= 0.6 is 0 Å². The first-order valence-corrected chi connectivity index (χ1v) is 14.2. The van der Waals surface area contributed by atoms with Crippen LogP contribution < -0.4 is 16.0 Å². The van der Waals surface area contributed by atoms with Crippen molar-refractivity contribution in [1.29, 1.82) is 5.41 Å². The number of benzene rings is 2. The number of carbonyl (C=O) groups excluding carboxylic acids is 3. The summed E-state index contributed by atoms with van der Waals surface area (Å²) in [5, 5.41) is 17.7. The van der Waals surface area contributed by atoms with E-state index in [4.69, 9.17) is 10.1 Å². The first-order chi connectivity index (χ1) is 19.2. The largest absolute Gasteiger partial charge is 0.453 e. The van der Waals surface area contributed by atoms with Gasteiger partial charge in [-0.25, -0.2) is 4.79 Å². The molecule has 2 aromatic rings. The van der Waals surface area contributed by atoms with Crippen molar-refractivity contribution in [3.8, 4) is 0 Å². The Balaban J connectivity index is 1.40. The zero-order valence-corrected chi connectivity index (χ0v) is 23.6. The van der Waals surface area contributed by atoms with Gasteiger partial charge < -0.3 is 20.7 Å². The standard InChI is InChI=1S/C31H41N5O4/c1-21(2)20-31(24-13-8-5-9-14-24)28(38)36(29(32)35-31)18-10-15-25(23-16-17-23)33-27(37)26(34-30(39)40-3)19-22-11-6-4-7-12-22/h4-9,11-14,21,23,25-26H,10,15-20H2,1-3H3,(H2,32,35)(H,33,37)(H,34,39)/t25-,26+,31-/m1/s1. The molecule has 2 aliphatic rings. The summed E-state index contributed by atoms with van der Waals surface area (Å²) in [6, 6.07) is 18.3. The van der Waals surface area contributed by atoms with Crippen molar-refractivity contribution in [2.24, 2.45) is 11.8 Å². The molecule has 1 saturated carbocycles. The highest BCUT2D eigenvalue weighted by atomic mass is 16.5. The SMILES string of the molecule is COC(=O)N[C@@H](Cc1ccccc1)C(=O)N[C@H](CCCN1C(=N)N[C@](CC(C)C)(c2ccccc2)C1=O)C1CC1. The van der Waals surface area contributed by atoms with Crippen molar-refractivity contribution in [1.82, 2.24) is 20.9 Å². The molecule has 2 fully saturated rings. The van der Waals surface area contributed by atoms with Gasteiger partial charge in [-0.2, -0.15) is 0 Å². The average molecular weight is 548 g/mol. The average Bonchev–Trinajstić information content (AvgIpc) is 3.76. The lowest BCUT2D eigenvalue weighted by molar-refractivity contribution is -0.132. The Hall–Kier alpha value is -3.88. The molecule has 2 aromatic carbocycles. The first-order valence-electron chi connectivity index (χ1n) is 14.2. The molecule has 0 aromatic heterocycles. The Labute approximate surface area is 236 Å². The minimum absolute atomic E-state index is 0.0698. The Morgan fingerprint density at radius 1 is 1.07 bits per heavy atom. The second-order valence-corrected chi connectivity index (χ2v) is 11.3. The topological polar surface area (TPSA) is 124 Å². The molecule has 0 unspecified atom stereocenters. The van der Waals surface area contributed by atoms with E-state index in [0.717, 1.165) is 24.0 Å². The van der Waals surface area contributed by atoms with Gasteiger partial charge in [0.25, 0.3) is 5.91 Å². The fourth-order valence-corrected chi connectivity index (χ4v) is 5.59. The Bertz CT molecular complexity index is 1180. The summed E-state index contributed by atoms with van der Waals surface area (Å²) >= 11 is 0.